The number of methoxy groups -OCH3 is 1. The van der Waals surface area contributed by atoms with Crippen molar-refractivity contribution in [1.82, 2.24) is 5.32 Å². The van der Waals surface area contributed by atoms with Gasteiger partial charge in [-0.2, -0.15) is 0 Å². The van der Waals surface area contributed by atoms with Crippen molar-refractivity contribution in [2.24, 2.45) is 11.8 Å². The smallest absolute Gasteiger partial charge is 0.0587 e. The Kier molecular flexibility index (Phi) is 6.07. The van der Waals surface area contributed by atoms with E-state index in [1.165, 1.54) is 24.2 Å². The van der Waals surface area contributed by atoms with E-state index in [1.807, 2.05) is 0 Å². The molecule has 1 aromatic rings. The van der Waals surface area contributed by atoms with Crippen LogP contribution in [0.5, 0.6) is 0 Å². The summed E-state index contributed by atoms with van der Waals surface area (Å²) < 4.78 is 5.04. The van der Waals surface area contributed by atoms with Crippen LogP contribution >= 0.6 is 0 Å². The molecule has 3 unspecified atom stereocenters. The van der Waals surface area contributed by atoms with Crippen LogP contribution in [0.1, 0.15) is 32.8 Å². The zero-order chi connectivity index (χ0) is 15.2. The molecule has 1 N–H and O–H groups in total. The lowest BCUT2D eigenvalue weighted by Crippen LogP contribution is -2.45. The molecule has 21 heavy (non-hydrogen) atoms. The predicted molar refractivity (Wildman–Crippen MR) is 89.8 cm³/mol. The third kappa shape index (κ3) is 4.45. The average molecular weight is 290 g/mol. The molecule has 1 aliphatic rings. The van der Waals surface area contributed by atoms with Crippen molar-refractivity contribution in [1.29, 1.82) is 0 Å². The number of nitrogens with one attached hydrogen (secondary N) is 1. The predicted octanol–water partition coefficient (Wildman–Crippen LogP) is 3.29. The number of nitrogens with zero attached hydrogens (tertiary/aromatic N) is 1. The fraction of sp³-hybridized carbons (Fsp3) is 0.667. The molecule has 1 aromatic carbocycles. The molecule has 3 nitrogen and oxygen atoms in total. The van der Waals surface area contributed by atoms with Gasteiger partial charge in [0.15, 0.2) is 0 Å². The topological polar surface area (TPSA) is 24.5 Å². The molecular weight excluding hydrogens is 260 g/mol. The molecule has 3 heteroatoms. The maximum atomic E-state index is 5.04. The van der Waals surface area contributed by atoms with Crippen LogP contribution in [0, 0.1) is 11.8 Å². The van der Waals surface area contributed by atoms with E-state index < -0.39 is 0 Å². The first-order valence-electron chi connectivity index (χ1n) is 8.17. The van der Waals surface area contributed by atoms with E-state index in [0.29, 0.717) is 6.04 Å². The van der Waals surface area contributed by atoms with Crippen LogP contribution in [0.25, 0.3) is 0 Å². The minimum atomic E-state index is 0.631. The maximum absolute atomic E-state index is 5.04. The van der Waals surface area contributed by atoms with Gasteiger partial charge in [-0.3, -0.25) is 0 Å². The summed E-state index contributed by atoms with van der Waals surface area (Å²) in [6.07, 6.45) is 1.35. The number of hydrogen-bond donors (Lipinski definition) is 1. The lowest BCUT2D eigenvalue weighted by atomic mass is 9.85. The van der Waals surface area contributed by atoms with Crippen LogP contribution in [0.3, 0.4) is 0 Å². The largest absolute Gasteiger partial charge is 0.383 e. The fourth-order valence-corrected chi connectivity index (χ4v) is 3.27. The fourth-order valence-electron chi connectivity index (χ4n) is 3.27. The zero-order valence-electron chi connectivity index (χ0n) is 13.9. The van der Waals surface area contributed by atoms with Crippen LogP contribution in [0.15, 0.2) is 24.3 Å². The van der Waals surface area contributed by atoms with Crippen LogP contribution < -0.4 is 10.2 Å². The normalized spacial score (nSPS) is 26.1. The van der Waals surface area contributed by atoms with Crippen molar-refractivity contribution in [3.8, 4) is 0 Å². The van der Waals surface area contributed by atoms with Gasteiger partial charge < -0.3 is 15.0 Å². The van der Waals surface area contributed by atoms with E-state index in [1.54, 1.807) is 7.11 Å². The van der Waals surface area contributed by atoms with Crippen molar-refractivity contribution in [3.63, 3.8) is 0 Å². The highest BCUT2D eigenvalue weighted by atomic mass is 16.5. The summed E-state index contributed by atoms with van der Waals surface area (Å²) in [6.45, 7) is 10.8. The van der Waals surface area contributed by atoms with Gasteiger partial charge in [0, 0.05) is 38.5 Å². The first-order chi connectivity index (χ1) is 10.1. The molecule has 0 aromatic heterocycles. The Bertz CT molecular complexity index is 418. The minimum absolute atomic E-state index is 0.631. The summed E-state index contributed by atoms with van der Waals surface area (Å²) in [6, 6.07) is 9.66. The molecule has 0 radical (unpaired) electrons. The van der Waals surface area contributed by atoms with Crippen molar-refractivity contribution >= 4 is 5.69 Å². The molecule has 1 saturated heterocycles. The number of anilines is 1. The molecule has 1 aliphatic heterocycles. The molecule has 2 rings (SSSR count). The molecule has 1 heterocycles. The van der Waals surface area contributed by atoms with E-state index in [4.69, 9.17) is 4.74 Å². The second kappa shape index (κ2) is 7.81. The minimum Gasteiger partial charge on any atom is -0.383 e. The maximum Gasteiger partial charge on any atom is 0.0587 e. The summed E-state index contributed by atoms with van der Waals surface area (Å²) in [5, 5.41) is 3.39. The van der Waals surface area contributed by atoms with Crippen molar-refractivity contribution < 1.29 is 4.74 Å². The van der Waals surface area contributed by atoms with Crippen LogP contribution in [-0.2, 0) is 11.3 Å². The van der Waals surface area contributed by atoms with Crippen LogP contribution in [-0.4, -0.2) is 32.8 Å². The number of benzene rings is 1. The molecule has 3 atom stereocenters. The van der Waals surface area contributed by atoms with Gasteiger partial charge in [-0.15, -0.1) is 0 Å². The summed E-state index contributed by atoms with van der Waals surface area (Å²) in [5.74, 6) is 1.55. The Labute approximate surface area is 129 Å². The third-order valence-corrected chi connectivity index (χ3v) is 4.68. The van der Waals surface area contributed by atoms with Gasteiger partial charge in [0.05, 0.1) is 6.61 Å². The SMILES string of the molecule is COCCNCc1ccc(N2CC(C)CC(C)C2C)cc1. The second-order valence-corrected chi connectivity index (χ2v) is 6.55. The summed E-state index contributed by atoms with van der Waals surface area (Å²) >= 11 is 0. The van der Waals surface area contributed by atoms with Crippen molar-refractivity contribution in [2.75, 3.05) is 31.7 Å². The van der Waals surface area contributed by atoms with Gasteiger partial charge in [-0.1, -0.05) is 26.0 Å². The third-order valence-electron chi connectivity index (χ3n) is 4.68. The van der Waals surface area contributed by atoms with Crippen molar-refractivity contribution in [3.05, 3.63) is 29.8 Å². The average Bonchev–Trinajstić information content (AvgIpc) is 2.48. The quantitative estimate of drug-likeness (QED) is 0.814. The molecule has 0 bridgehead atoms. The molecule has 1 fully saturated rings. The zero-order valence-corrected chi connectivity index (χ0v) is 13.9. The molecule has 0 amide bonds. The van der Waals surface area contributed by atoms with Gasteiger partial charge in [0.2, 0.25) is 0 Å². The Morgan fingerprint density at radius 3 is 2.57 bits per heavy atom. The Balaban J connectivity index is 1.94. The lowest BCUT2D eigenvalue weighted by Gasteiger charge is -2.42. The van der Waals surface area contributed by atoms with Gasteiger partial charge >= 0.3 is 0 Å². The van der Waals surface area contributed by atoms with Crippen molar-refractivity contribution in [2.45, 2.75) is 39.8 Å². The highest BCUT2D eigenvalue weighted by molar-refractivity contribution is 5.49. The second-order valence-electron chi connectivity index (χ2n) is 6.55. The number of piperidine rings is 1. The Morgan fingerprint density at radius 2 is 1.90 bits per heavy atom. The van der Waals surface area contributed by atoms with E-state index in [2.05, 4.69) is 55.3 Å². The van der Waals surface area contributed by atoms with Crippen LogP contribution in [0.4, 0.5) is 5.69 Å². The molecule has 0 aliphatic carbocycles. The highest BCUT2D eigenvalue weighted by Crippen LogP contribution is 2.31. The summed E-state index contributed by atoms with van der Waals surface area (Å²) in [4.78, 5) is 2.57. The molecule has 118 valence electrons. The molecule has 0 saturated carbocycles. The highest BCUT2D eigenvalue weighted by Gasteiger charge is 2.28. The van der Waals surface area contributed by atoms with Gasteiger partial charge in [-0.05, 0) is 42.9 Å². The van der Waals surface area contributed by atoms with E-state index in [-0.39, 0.29) is 0 Å². The lowest BCUT2D eigenvalue weighted by molar-refractivity contribution is 0.199. The monoisotopic (exact) mass is 290 g/mol. The Morgan fingerprint density at radius 1 is 1.19 bits per heavy atom. The van der Waals surface area contributed by atoms with Crippen LogP contribution in [0.2, 0.25) is 0 Å². The summed E-state index contributed by atoms with van der Waals surface area (Å²) in [5.41, 5.74) is 2.70. The Hall–Kier alpha value is -1.06. The van der Waals surface area contributed by atoms with E-state index in [0.717, 1.165) is 31.5 Å². The first-order valence-corrected chi connectivity index (χ1v) is 8.17. The molecular formula is C18H30N2O. The standard InChI is InChI=1S/C18H30N2O/c1-14-11-15(2)16(3)20(13-14)18-7-5-17(6-8-18)12-19-9-10-21-4/h5-8,14-16,19H,9-13H2,1-4H3. The van der Waals surface area contributed by atoms with E-state index in [9.17, 15) is 0 Å². The number of ether oxygens (including phenoxy) is 1. The summed E-state index contributed by atoms with van der Waals surface area (Å²) in [7, 11) is 1.73. The van der Waals surface area contributed by atoms with Gasteiger partial charge in [0.25, 0.3) is 0 Å². The first kappa shape index (κ1) is 16.3. The number of rotatable bonds is 6. The van der Waals surface area contributed by atoms with E-state index >= 15 is 0 Å². The van der Waals surface area contributed by atoms with Gasteiger partial charge in [-0.25, -0.2) is 0 Å². The number of hydrogen-bond acceptors (Lipinski definition) is 3. The molecule has 0 spiro atoms. The van der Waals surface area contributed by atoms with Gasteiger partial charge in [0.1, 0.15) is 0 Å².